The van der Waals surface area contributed by atoms with Crippen molar-refractivity contribution < 1.29 is 13.2 Å². The molecule has 0 saturated heterocycles. The van der Waals surface area contributed by atoms with Crippen LogP contribution in [0.15, 0.2) is 36.9 Å². The van der Waals surface area contributed by atoms with Gasteiger partial charge in [-0.05, 0) is 30.7 Å². The molecule has 20 heavy (non-hydrogen) atoms. The Bertz CT molecular complexity index is 688. The van der Waals surface area contributed by atoms with Crippen LogP contribution >= 0.6 is 0 Å². The van der Waals surface area contributed by atoms with Gasteiger partial charge in [0.25, 0.3) is 0 Å². The number of alkyl halides is 3. The lowest BCUT2D eigenvalue weighted by atomic mass is 10.1. The van der Waals surface area contributed by atoms with Crippen LogP contribution in [0.4, 0.5) is 13.2 Å². The lowest BCUT2D eigenvalue weighted by Crippen LogP contribution is -2.13. The SMILES string of the molecule is C=C(C#N)c1ccc(-n2nc(C)cc2C(F)(F)F)cc1. The van der Waals surface area contributed by atoms with E-state index in [1.165, 1.54) is 31.2 Å². The molecule has 3 nitrogen and oxygen atoms in total. The van der Waals surface area contributed by atoms with E-state index >= 15 is 0 Å². The number of nitrogens with zero attached hydrogens (tertiary/aromatic N) is 3. The fourth-order valence-corrected chi connectivity index (χ4v) is 1.77. The van der Waals surface area contributed by atoms with Crippen molar-refractivity contribution in [2.75, 3.05) is 0 Å². The van der Waals surface area contributed by atoms with Gasteiger partial charge >= 0.3 is 6.18 Å². The fourth-order valence-electron chi connectivity index (χ4n) is 1.77. The zero-order valence-electron chi connectivity index (χ0n) is 10.6. The third-order valence-electron chi connectivity index (χ3n) is 2.72. The normalized spacial score (nSPS) is 11.2. The molecule has 0 saturated carbocycles. The minimum absolute atomic E-state index is 0.254. The highest BCUT2D eigenvalue weighted by molar-refractivity contribution is 5.75. The molecular weight excluding hydrogens is 267 g/mol. The summed E-state index contributed by atoms with van der Waals surface area (Å²) in [6.45, 7) is 5.04. The van der Waals surface area contributed by atoms with Gasteiger partial charge < -0.3 is 0 Å². The van der Waals surface area contributed by atoms with Crippen LogP contribution in [0.25, 0.3) is 11.3 Å². The van der Waals surface area contributed by atoms with Crippen LogP contribution in [0, 0.1) is 18.3 Å². The summed E-state index contributed by atoms with van der Waals surface area (Å²) in [4.78, 5) is 0. The molecule has 0 aliphatic rings. The first-order chi connectivity index (χ1) is 9.32. The Hall–Kier alpha value is -2.55. The first-order valence-electron chi connectivity index (χ1n) is 5.66. The van der Waals surface area contributed by atoms with E-state index in [1.807, 2.05) is 6.07 Å². The van der Waals surface area contributed by atoms with E-state index in [9.17, 15) is 13.2 Å². The number of halogens is 3. The summed E-state index contributed by atoms with van der Waals surface area (Å²) in [7, 11) is 0. The Morgan fingerprint density at radius 1 is 1.30 bits per heavy atom. The Morgan fingerprint density at radius 3 is 2.40 bits per heavy atom. The smallest absolute Gasteiger partial charge is 0.228 e. The van der Waals surface area contributed by atoms with Gasteiger partial charge in [-0.15, -0.1) is 0 Å². The van der Waals surface area contributed by atoms with Crippen LogP contribution in [0.1, 0.15) is 17.0 Å². The molecule has 0 spiro atoms. The molecule has 6 heteroatoms. The van der Waals surface area contributed by atoms with Gasteiger partial charge in [-0.1, -0.05) is 18.7 Å². The minimum Gasteiger partial charge on any atom is -0.228 e. The summed E-state index contributed by atoms with van der Waals surface area (Å²) >= 11 is 0. The Kier molecular flexibility index (Phi) is 3.36. The zero-order chi connectivity index (χ0) is 14.9. The summed E-state index contributed by atoms with van der Waals surface area (Å²) < 4.78 is 39.5. The number of rotatable bonds is 2. The zero-order valence-corrected chi connectivity index (χ0v) is 10.6. The molecule has 1 aromatic heterocycles. The number of hydrogen-bond donors (Lipinski definition) is 0. The molecule has 0 aliphatic carbocycles. The molecular formula is C14H10F3N3. The second-order valence-corrected chi connectivity index (χ2v) is 4.22. The van der Waals surface area contributed by atoms with Gasteiger partial charge in [-0.2, -0.15) is 23.5 Å². The average molecular weight is 277 g/mol. The van der Waals surface area contributed by atoms with E-state index in [-0.39, 0.29) is 17.0 Å². The van der Waals surface area contributed by atoms with Crippen LogP contribution in [-0.2, 0) is 6.18 Å². The van der Waals surface area contributed by atoms with Gasteiger partial charge in [0.05, 0.1) is 23.0 Å². The Balaban J connectivity index is 2.48. The molecule has 0 amide bonds. The second-order valence-electron chi connectivity index (χ2n) is 4.22. The van der Waals surface area contributed by atoms with Crippen molar-refractivity contribution in [3.05, 3.63) is 53.9 Å². The third kappa shape index (κ3) is 2.57. The fraction of sp³-hybridized carbons (Fsp3) is 0.143. The predicted octanol–water partition coefficient (Wildman–Crippen LogP) is 3.74. The summed E-state index contributed by atoms with van der Waals surface area (Å²) in [6.07, 6.45) is -4.48. The molecule has 1 aromatic carbocycles. The third-order valence-corrected chi connectivity index (χ3v) is 2.72. The van der Waals surface area contributed by atoms with E-state index in [1.54, 1.807) is 0 Å². The lowest BCUT2D eigenvalue weighted by Gasteiger charge is -2.10. The van der Waals surface area contributed by atoms with Gasteiger partial charge in [0, 0.05) is 0 Å². The molecule has 2 rings (SSSR count). The molecule has 0 radical (unpaired) electrons. The highest BCUT2D eigenvalue weighted by Gasteiger charge is 2.35. The Morgan fingerprint density at radius 2 is 1.90 bits per heavy atom. The topological polar surface area (TPSA) is 41.6 Å². The van der Waals surface area contributed by atoms with Crippen molar-refractivity contribution in [3.63, 3.8) is 0 Å². The maximum Gasteiger partial charge on any atom is 0.433 e. The highest BCUT2D eigenvalue weighted by atomic mass is 19.4. The number of nitriles is 1. The molecule has 2 aromatic rings. The maximum absolute atomic E-state index is 12.9. The number of allylic oxidation sites excluding steroid dienone is 1. The summed E-state index contributed by atoms with van der Waals surface area (Å²) in [5.41, 5.74) is 0.544. The van der Waals surface area contributed by atoms with Crippen molar-refractivity contribution in [1.82, 2.24) is 9.78 Å². The molecule has 0 atom stereocenters. The minimum atomic E-state index is -4.48. The van der Waals surface area contributed by atoms with E-state index in [0.717, 1.165) is 10.7 Å². The van der Waals surface area contributed by atoms with Gasteiger partial charge in [0.2, 0.25) is 0 Å². The van der Waals surface area contributed by atoms with Crippen molar-refractivity contribution in [2.45, 2.75) is 13.1 Å². The Labute approximate surface area is 113 Å². The highest BCUT2D eigenvalue weighted by Crippen LogP contribution is 2.31. The molecule has 102 valence electrons. The first-order valence-corrected chi connectivity index (χ1v) is 5.66. The lowest BCUT2D eigenvalue weighted by molar-refractivity contribution is -0.142. The van der Waals surface area contributed by atoms with Gasteiger partial charge in [0.1, 0.15) is 5.69 Å². The van der Waals surface area contributed by atoms with Crippen molar-refractivity contribution in [1.29, 1.82) is 5.26 Å². The molecule has 0 bridgehead atoms. The van der Waals surface area contributed by atoms with E-state index in [4.69, 9.17) is 5.26 Å². The number of hydrogen-bond acceptors (Lipinski definition) is 2. The molecule has 0 unspecified atom stereocenters. The molecule has 0 N–H and O–H groups in total. The number of benzene rings is 1. The predicted molar refractivity (Wildman–Crippen MR) is 68.0 cm³/mol. The summed E-state index contributed by atoms with van der Waals surface area (Å²) in [5, 5.41) is 12.6. The van der Waals surface area contributed by atoms with Crippen molar-refractivity contribution >= 4 is 5.57 Å². The largest absolute Gasteiger partial charge is 0.433 e. The van der Waals surface area contributed by atoms with Crippen LogP contribution < -0.4 is 0 Å². The molecule has 1 heterocycles. The number of aryl methyl sites for hydroxylation is 1. The second kappa shape index (κ2) is 4.85. The van der Waals surface area contributed by atoms with E-state index < -0.39 is 11.9 Å². The monoisotopic (exact) mass is 277 g/mol. The molecule has 0 aliphatic heterocycles. The van der Waals surface area contributed by atoms with E-state index in [2.05, 4.69) is 11.7 Å². The van der Waals surface area contributed by atoms with Crippen molar-refractivity contribution in [2.24, 2.45) is 0 Å². The van der Waals surface area contributed by atoms with Crippen molar-refractivity contribution in [3.8, 4) is 11.8 Å². The first kappa shape index (κ1) is 13.9. The summed E-state index contributed by atoms with van der Waals surface area (Å²) in [6, 6.07) is 8.89. The quantitative estimate of drug-likeness (QED) is 0.785. The number of aromatic nitrogens is 2. The van der Waals surface area contributed by atoms with Gasteiger partial charge in [-0.25, -0.2) is 4.68 Å². The maximum atomic E-state index is 12.9. The van der Waals surface area contributed by atoms with Gasteiger partial charge in [-0.3, -0.25) is 0 Å². The van der Waals surface area contributed by atoms with Crippen LogP contribution in [0.3, 0.4) is 0 Å². The van der Waals surface area contributed by atoms with E-state index in [0.29, 0.717) is 5.56 Å². The van der Waals surface area contributed by atoms with Gasteiger partial charge in [0.15, 0.2) is 0 Å². The van der Waals surface area contributed by atoms with Crippen LogP contribution in [-0.4, -0.2) is 9.78 Å². The standard InChI is InChI=1S/C14H10F3N3/c1-9(8-18)11-3-5-12(6-4-11)20-13(14(15,16)17)7-10(2)19-20/h3-7H,1H2,2H3. The summed E-state index contributed by atoms with van der Waals surface area (Å²) in [5.74, 6) is 0. The van der Waals surface area contributed by atoms with Crippen LogP contribution in [0.2, 0.25) is 0 Å². The average Bonchev–Trinajstić information content (AvgIpc) is 2.80. The molecule has 0 fully saturated rings. The van der Waals surface area contributed by atoms with Crippen LogP contribution in [0.5, 0.6) is 0 Å².